The zero-order chi connectivity index (χ0) is 7.84. The second-order valence-electron chi connectivity index (χ2n) is 2.01. The first kappa shape index (κ1) is 7.39. The third-order valence-corrected chi connectivity index (χ3v) is 3.43. The van der Waals surface area contributed by atoms with E-state index in [1.165, 1.54) is 0 Å². The molecule has 0 atom stereocenters. The standard InChI is InChI=1S/C6H3BrN2S2/c7-3-1-8-2-4-5(3)11-6(10)9-4/h1-2H,(H,9,10). The fraction of sp³-hybridized carbons (Fsp3) is 0. The maximum Gasteiger partial charge on any atom is 0.159 e. The molecule has 2 rings (SSSR count). The van der Waals surface area contributed by atoms with Gasteiger partial charge in [-0.3, -0.25) is 4.98 Å². The molecule has 0 amide bonds. The van der Waals surface area contributed by atoms with Crippen molar-refractivity contribution in [3.05, 3.63) is 20.8 Å². The van der Waals surface area contributed by atoms with E-state index in [1.807, 2.05) is 0 Å². The Balaban J connectivity index is 3.01. The maximum atomic E-state index is 4.99. The number of H-pyrrole nitrogens is 1. The molecule has 0 saturated carbocycles. The van der Waals surface area contributed by atoms with Crippen LogP contribution in [0.2, 0.25) is 0 Å². The smallest absolute Gasteiger partial charge is 0.159 e. The van der Waals surface area contributed by atoms with Crippen LogP contribution in [0.25, 0.3) is 10.2 Å². The Morgan fingerprint density at radius 3 is 3.09 bits per heavy atom. The van der Waals surface area contributed by atoms with Crippen LogP contribution < -0.4 is 0 Å². The molecular weight excluding hydrogens is 244 g/mol. The van der Waals surface area contributed by atoms with Gasteiger partial charge in [0.05, 0.1) is 20.9 Å². The van der Waals surface area contributed by atoms with Crippen LogP contribution in [0.5, 0.6) is 0 Å². The highest BCUT2D eigenvalue weighted by Crippen LogP contribution is 2.26. The summed E-state index contributed by atoms with van der Waals surface area (Å²) >= 11 is 9.93. The summed E-state index contributed by atoms with van der Waals surface area (Å²) in [6, 6.07) is 0. The molecule has 2 heterocycles. The van der Waals surface area contributed by atoms with E-state index in [9.17, 15) is 0 Å². The largest absolute Gasteiger partial charge is 0.336 e. The molecule has 0 radical (unpaired) electrons. The molecular formula is C6H3BrN2S2. The van der Waals surface area contributed by atoms with Gasteiger partial charge < -0.3 is 4.98 Å². The second kappa shape index (κ2) is 2.66. The van der Waals surface area contributed by atoms with Gasteiger partial charge in [-0.15, -0.1) is 11.3 Å². The summed E-state index contributed by atoms with van der Waals surface area (Å²) in [5.41, 5.74) is 0.995. The number of aromatic amines is 1. The number of pyridine rings is 1. The molecule has 1 N–H and O–H groups in total. The number of hydrogen-bond acceptors (Lipinski definition) is 3. The van der Waals surface area contributed by atoms with Crippen molar-refractivity contribution in [3.63, 3.8) is 0 Å². The van der Waals surface area contributed by atoms with Gasteiger partial charge >= 0.3 is 0 Å². The van der Waals surface area contributed by atoms with Crippen LogP contribution in [0.4, 0.5) is 0 Å². The molecule has 0 fully saturated rings. The lowest BCUT2D eigenvalue weighted by Crippen LogP contribution is -1.72. The van der Waals surface area contributed by atoms with Crippen molar-refractivity contribution in [3.8, 4) is 0 Å². The number of nitrogens with one attached hydrogen (secondary N) is 1. The summed E-state index contributed by atoms with van der Waals surface area (Å²) in [7, 11) is 0. The minimum absolute atomic E-state index is 0.786. The van der Waals surface area contributed by atoms with Gasteiger partial charge in [0.2, 0.25) is 0 Å². The van der Waals surface area contributed by atoms with Gasteiger partial charge in [-0.25, -0.2) is 0 Å². The quantitative estimate of drug-likeness (QED) is 0.724. The van der Waals surface area contributed by atoms with Gasteiger partial charge in [-0.1, -0.05) is 0 Å². The van der Waals surface area contributed by atoms with Crippen LogP contribution >= 0.6 is 39.5 Å². The fourth-order valence-corrected chi connectivity index (χ4v) is 2.49. The van der Waals surface area contributed by atoms with Crippen LogP contribution in [-0.2, 0) is 0 Å². The Morgan fingerprint density at radius 2 is 2.36 bits per heavy atom. The summed E-state index contributed by atoms with van der Waals surface area (Å²) in [5.74, 6) is 0. The second-order valence-corrected chi connectivity index (χ2v) is 4.55. The van der Waals surface area contributed by atoms with Crippen LogP contribution in [0.15, 0.2) is 16.9 Å². The molecule has 11 heavy (non-hydrogen) atoms. The number of nitrogens with zero attached hydrogens (tertiary/aromatic N) is 1. The van der Waals surface area contributed by atoms with Crippen LogP contribution in [0, 0.1) is 3.95 Å². The van der Waals surface area contributed by atoms with Crippen molar-refractivity contribution >= 4 is 49.7 Å². The van der Waals surface area contributed by atoms with E-state index >= 15 is 0 Å². The van der Waals surface area contributed by atoms with E-state index in [1.54, 1.807) is 23.7 Å². The fourth-order valence-electron chi connectivity index (χ4n) is 0.844. The molecule has 0 unspecified atom stereocenters. The predicted octanol–water partition coefficient (Wildman–Crippen LogP) is 3.12. The van der Waals surface area contributed by atoms with Crippen LogP contribution in [-0.4, -0.2) is 9.97 Å². The van der Waals surface area contributed by atoms with Crippen molar-refractivity contribution in [2.75, 3.05) is 0 Å². The number of halogens is 1. The minimum Gasteiger partial charge on any atom is -0.336 e. The molecule has 5 heteroatoms. The average molecular weight is 247 g/mol. The van der Waals surface area contributed by atoms with Gasteiger partial charge in [0, 0.05) is 6.20 Å². The Hall–Kier alpha value is -0.260. The normalized spacial score (nSPS) is 10.6. The summed E-state index contributed by atoms with van der Waals surface area (Å²) < 4.78 is 2.91. The van der Waals surface area contributed by atoms with Gasteiger partial charge in [-0.2, -0.15) is 0 Å². The van der Waals surface area contributed by atoms with Crippen molar-refractivity contribution < 1.29 is 0 Å². The Bertz CT molecular complexity index is 445. The zero-order valence-electron chi connectivity index (χ0n) is 5.30. The molecule has 2 aromatic rings. The summed E-state index contributed by atoms with van der Waals surface area (Å²) in [6.07, 6.45) is 3.54. The lowest BCUT2D eigenvalue weighted by molar-refractivity contribution is 1.32. The summed E-state index contributed by atoms with van der Waals surface area (Å²) in [5, 5.41) is 0. The van der Waals surface area contributed by atoms with Crippen molar-refractivity contribution in [1.82, 2.24) is 9.97 Å². The SMILES string of the molecule is S=c1[nH]c2cncc(Br)c2s1. The molecule has 0 aromatic carbocycles. The van der Waals surface area contributed by atoms with Gasteiger partial charge in [0.1, 0.15) is 0 Å². The topological polar surface area (TPSA) is 28.7 Å². The number of aromatic nitrogens is 2. The number of thiazole rings is 1. The third-order valence-electron chi connectivity index (χ3n) is 1.28. The first-order valence-corrected chi connectivity index (χ1v) is 4.91. The molecule has 0 aliphatic heterocycles. The number of rotatable bonds is 0. The Labute approximate surface area is 80.4 Å². The molecule has 0 aliphatic rings. The van der Waals surface area contributed by atoms with Crippen LogP contribution in [0.1, 0.15) is 0 Å². The monoisotopic (exact) mass is 246 g/mol. The Morgan fingerprint density at radius 1 is 1.55 bits per heavy atom. The molecule has 2 nitrogen and oxygen atoms in total. The molecule has 56 valence electrons. The van der Waals surface area contributed by atoms with Gasteiger partial charge in [0.15, 0.2) is 3.95 Å². The van der Waals surface area contributed by atoms with E-state index in [-0.39, 0.29) is 0 Å². The first-order chi connectivity index (χ1) is 5.27. The molecule has 0 bridgehead atoms. The average Bonchev–Trinajstić information content (AvgIpc) is 2.31. The molecule has 0 saturated heterocycles. The lowest BCUT2D eigenvalue weighted by Gasteiger charge is -1.88. The predicted molar refractivity (Wildman–Crippen MR) is 52.5 cm³/mol. The van der Waals surface area contributed by atoms with E-state index in [4.69, 9.17) is 12.2 Å². The van der Waals surface area contributed by atoms with E-state index in [0.717, 1.165) is 18.6 Å². The third kappa shape index (κ3) is 1.23. The highest BCUT2D eigenvalue weighted by Gasteiger charge is 1.99. The van der Waals surface area contributed by atoms with Crippen molar-refractivity contribution in [2.45, 2.75) is 0 Å². The highest BCUT2D eigenvalue weighted by atomic mass is 79.9. The highest BCUT2D eigenvalue weighted by molar-refractivity contribution is 9.10. The maximum absolute atomic E-state index is 4.99. The minimum atomic E-state index is 0.786. The molecule has 2 aromatic heterocycles. The van der Waals surface area contributed by atoms with Crippen molar-refractivity contribution in [2.24, 2.45) is 0 Å². The first-order valence-electron chi connectivity index (χ1n) is 2.90. The summed E-state index contributed by atoms with van der Waals surface area (Å²) in [4.78, 5) is 7.05. The lowest BCUT2D eigenvalue weighted by atomic mass is 10.5. The number of hydrogen-bond donors (Lipinski definition) is 1. The van der Waals surface area contributed by atoms with E-state index in [2.05, 4.69) is 25.9 Å². The number of fused-ring (bicyclic) bond motifs is 1. The van der Waals surface area contributed by atoms with Crippen molar-refractivity contribution in [1.29, 1.82) is 0 Å². The van der Waals surface area contributed by atoms with Gasteiger partial charge in [0.25, 0.3) is 0 Å². The van der Waals surface area contributed by atoms with E-state index < -0.39 is 0 Å². The van der Waals surface area contributed by atoms with Crippen LogP contribution in [0.3, 0.4) is 0 Å². The zero-order valence-corrected chi connectivity index (χ0v) is 8.52. The molecule has 0 spiro atoms. The Kier molecular flexibility index (Phi) is 1.78. The summed E-state index contributed by atoms with van der Waals surface area (Å²) in [6.45, 7) is 0. The van der Waals surface area contributed by atoms with Gasteiger partial charge in [-0.05, 0) is 28.1 Å². The molecule has 0 aliphatic carbocycles. The van der Waals surface area contributed by atoms with E-state index in [0.29, 0.717) is 0 Å².